The fraction of sp³-hybridized carbons (Fsp3) is 0.222. The van der Waals surface area contributed by atoms with Gasteiger partial charge in [-0.3, -0.25) is 0 Å². The van der Waals surface area contributed by atoms with E-state index in [1.807, 2.05) is 30.5 Å². The molecule has 0 saturated heterocycles. The lowest BCUT2D eigenvalue weighted by Gasteiger charge is -2.01. The number of benzene rings is 1. The summed E-state index contributed by atoms with van der Waals surface area (Å²) in [7, 11) is 0. The number of hydrogen-bond acceptors (Lipinski definition) is 2. The standard InChI is InChI=1S/C9H8BrNS/c1-12-8-4-2-7(3-5-8)9(10)6-11/h2-5,9H,1H3. The average Bonchev–Trinajstić information content (AvgIpc) is 2.17. The molecule has 0 radical (unpaired) electrons. The van der Waals surface area contributed by atoms with Crippen molar-refractivity contribution in [2.75, 3.05) is 6.26 Å². The highest BCUT2D eigenvalue weighted by Crippen LogP contribution is 2.23. The smallest absolute Gasteiger partial charge is 0.126 e. The number of nitriles is 1. The first-order chi connectivity index (χ1) is 5.77. The maximum atomic E-state index is 8.61. The Bertz CT molecular complexity index is 288. The number of rotatable bonds is 2. The van der Waals surface area contributed by atoms with E-state index in [0.717, 1.165) is 5.56 Å². The summed E-state index contributed by atoms with van der Waals surface area (Å²) in [5, 5.41) is 8.61. The molecule has 12 heavy (non-hydrogen) atoms. The van der Waals surface area contributed by atoms with Crippen molar-refractivity contribution in [2.45, 2.75) is 9.72 Å². The highest BCUT2D eigenvalue weighted by Gasteiger charge is 2.03. The van der Waals surface area contributed by atoms with Crippen molar-refractivity contribution in [3.8, 4) is 6.07 Å². The van der Waals surface area contributed by atoms with Crippen molar-refractivity contribution in [1.29, 1.82) is 5.26 Å². The molecule has 0 N–H and O–H groups in total. The second-order valence-electron chi connectivity index (χ2n) is 2.26. The second kappa shape index (κ2) is 4.54. The molecule has 0 heterocycles. The molecule has 1 aromatic carbocycles. The van der Waals surface area contributed by atoms with E-state index in [1.54, 1.807) is 11.8 Å². The van der Waals surface area contributed by atoms with Gasteiger partial charge in [0.05, 0.1) is 6.07 Å². The molecular weight excluding hydrogens is 234 g/mol. The summed E-state index contributed by atoms with van der Waals surface area (Å²) in [6.07, 6.45) is 2.03. The van der Waals surface area contributed by atoms with Crippen LogP contribution in [-0.2, 0) is 0 Å². The third-order valence-electron chi connectivity index (χ3n) is 1.52. The lowest BCUT2D eigenvalue weighted by molar-refractivity contribution is 1.23. The fourth-order valence-corrected chi connectivity index (χ4v) is 1.56. The summed E-state index contributed by atoms with van der Waals surface area (Å²) >= 11 is 4.96. The van der Waals surface area contributed by atoms with Crippen molar-refractivity contribution in [2.24, 2.45) is 0 Å². The number of alkyl halides is 1. The van der Waals surface area contributed by atoms with Crippen LogP contribution in [0.25, 0.3) is 0 Å². The Morgan fingerprint density at radius 1 is 1.42 bits per heavy atom. The summed E-state index contributed by atoms with van der Waals surface area (Å²) < 4.78 is 0. The third-order valence-corrected chi connectivity index (χ3v) is 3.00. The van der Waals surface area contributed by atoms with Crippen molar-refractivity contribution >= 4 is 27.7 Å². The van der Waals surface area contributed by atoms with Crippen molar-refractivity contribution in [3.05, 3.63) is 29.8 Å². The lowest BCUT2D eigenvalue weighted by Crippen LogP contribution is -1.84. The van der Waals surface area contributed by atoms with Crippen LogP contribution in [-0.4, -0.2) is 6.26 Å². The van der Waals surface area contributed by atoms with E-state index < -0.39 is 0 Å². The monoisotopic (exact) mass is 241 g/mol. The molecular formula is C9H8BrNS. The molecule has 0 aliphatic carbocycles. The Hall–Kier alpha value is -0.460. The van der Waals surface area contributed by atoms with Gasteiger partial charge in [0.15, 0.2) is 0 Å². The molecule has 1 nitrogen and oxygen atoms in total. The van der Waals surface area contributed by atoms with Crippen LogP contribution in [0.2, 0.25) is 0 Å². The zero-order chi connectivity index (χ0) is 8.97. The Labute approximate surface area is 84.9 Å². The molecule has 0 bridgehead atoms. The highest BCUT2D eigenvalue weighted by molar-refractivity contribution is 9.09. The molecule has 0 amide bonds. The molecule has 1 atom stereocenters. The molecule has 1 rings (SSSR count). The van der Waals surface area contributed by atoms with Gasteiger partial charge in [0.25, 0.3) is 0 Å². The normalized spacial score (nSPS) is 12.1. The summed E-state index contributed by atoms with van der Waals surface area (Å²) in [4.78, 5) is 1.03. The molecule has 0 aliphatic rings. The van der Waals surface area contributed by atoms with Gasteiger partial charge in [0.2, 0.25) is 0 Å². The van der Waals surface area contributed by atoms with Crippen LogP contribution >= 0.6 is 27.7 Å². The van der Waals surface area contributed by atoms with E-state index in [4.69, 9.17) is 5.26 Å². The maximum Gasteiger partial charge on any atom is 0.126 e. The molecule has 0 spiro atoms. The summed E-state index contributed by atoms with van der Waals surface area (Å²) in [6, 6.07) is 10.1. The van der Waals surface area contributed by atoms with Crippen LogP contribution in [0.4, 0.5) is 0 Å². The molecule has 0 saturated carbocycles. The largest absolute Gasteiger partial charge is 0.197 e. The fourth-order valence-electron chi connectivity index (χ4n) is 0.847. The van der Waals surface area contributed by atoms with Gasteiger partial charge in [-0.15, -0.1) is 11.8 Å². The number of halogens is 1. The minimum absolute atomic E-state index is 0.187. The molecule has 1 aromatic rings. The maximum absolute atomic E-state index is 8.61. The molecule has 0 fully saturated rings. The molecule has 0 aromatic heterocycles. The predicted molar refractivity (Wildman–Crippen MR) is 55.5 cm³/mol. The van der Waals surface area contributed by atoms with Gasteiger partial charge >= 0.3 is 0 Å². The zero-order valence-electron chi connectivity index (χ0n) is 6.62. The quantitative estimate of drug-likeness (QED) is 0.586. The van der Waals surface area contributed by atoms with E-state index in [0.29, 0.717) is 0 Å². The van der Waals surface area contributed by atoms with Gasteiger partial charge in [-0.05, 0) is 24.0 Å². The molecule has 62 valence electrons. The van der Waals surface area contributed by atoms with Crippen LogP contribution in [0, 0.1) is 11.3 Å². The number of thioether (sulfide) groups is 1. The van der Waals surface area contributed by atoms with Crippen LogP contribution in [0.1, 0.15) is 10.4 Å². The van der Waals surface area contributed by atoms with Crippen LogP contribution in [0.3, 0.4) is 0 Å². The van der Waals surface area contributed by atoms with Crippen LogP contribution in [0.15, 0.2) is 29.2 Å². The van der Waals surface area contributed by atoms with E-state index in [1.165, 1.54) is 4.90 Å². The Balaban J connectivity index is 2.86. The minimum Gasteiger partial charge on any atom is -0.197 e. The van der Waals surface area contributed by atoms with E-state index in [-0.39, 0.29) is 4.83 Å². The average molecular weight is 242 g/mol. The van der Waals surface area contributed by atoms with Gasteiger partial charge in [-0.1, -0.05) is 28.1 Å². The predicted octanol–water partition coefficient (Wildman–Crippen LogP) is 3.37. The van der Waals surface area contributed by atoms with Gasteiger partial charge in [0.1, 0.15) is 4.83 Å². The topological polar surface area (TPSA) is 23.8 Å². The Morgan fingerprint density at radius 3 is 2.42 bits per heavy atom. The first-order valence-corrected chi connectivity index (χ1v) is 5.59. The number of nitrogens with zero attached hydrogens (tertiary/aromatic N) is 1. The summed E-state index contributed by atoms with van der Waals surface area (Å²) in [5.74, 6) is 0. The second-order valence-corrected chi connectivity index (χ2v) is 4.06. The lowest BCUT2D eigenvalue weighted by atomic mass is 10.2. The Kier molecular flexibility index (Phi) is 3.64. The first kappa shape index (κ1) is 9.63. The minimum atomic E-state index is -0.187. The number of hydrogen-bond donors (Lipinski definition) is 0. The van der Waals surface area contributed by atoms with Gasteiger partial charge < -0.3 is 0 Å². The van der Waals surface area contributed by atoms with Gasteiger partial charge in [-0.2, -0.15) is 5.26 Å². The van der Waals surface area contributed by atoms with E-state index >= 15 is 0 Å². The van der Waals surface area contributed by atoms with Gasteiger partial charge in [0, 0.05) is 4.90 Å². The van der Waals surface area contributed by atoms with Crippen LogP contribution < -0.4 is 0 Å². The Morgan fingerprint density at radius 2 is 2.00 bits per heavy atom. The molecule has 1 unspecified atom stereocenters. The van der Waals surface area contributed by atoms with Crippen molar-refractivity contribution < 1.29 is 0 Å². The van der Waals surface area contributed by atoms with Crippen LogP contribution in [0.5, 0.6) is 0 Å². The molecule has 3 heteroatoms. The van der Waals surface area contributed by atoms with E-state index in [9.17, 15) is 0 Å². The summed E-state index contributed by atoms with van der Waals surface area (Å²) in [6.45, 7) is 0. The first-order valence-electron chi connectivity index (χ1n) is 3.45. The van der Waals surface area contributed by atoms with Gasteiger partial charge in [-0.25, -0.2) is 0 Å². The van der Waals surface area contributed by atoms with Crippen molar-refractivity contribution in [3.63, 3.8) is 0 Å². The third kappa shape index (κ3) is 2.26. The summed E-state index contributed by atoms with van der Waals surface area (Å²) in [5.41, 5.74) is 1.01. The zero-order valence-corrected chi connectivity index (χ0v) is 9.02. The van der Waals surface area contributed by atoms with Crippen molar-refractivity contribution in [1.82, 2.24) is 0 Å². The highest BCUT2D eigenvalue weighted by atomic mass is 79.9. The SMILES string of the molecule is CSc1ccc(C(Br)C#N)cc1. The molecule has 0 aliphatic heterocycles. The van der Waals surface area contributed by atoms with E-state index in [2.05, 4.69) is 22.0 Å².